The van der Waals surface area contributed by atoms with Crippen LogP contribution in [0.2, 0.25) is 0 Å². The number of rotatable bonds is 7. The Morgan fingerprint density at radius 1 is 0.967 bits per heavy atom. The van der Waals surface area contributed by atoms with Crippen LogP contribution in [-0.2, 0) is 24.3 Å². The maximum atomic E-state index is 11.5. The summed E-state index contributed by atoms with van der Waals surface area (Å²) in [6.07, 6.45) is 1.07. The minimum Gasteiger partial charge on any atom is -0.491 e. The summed E-state index contributed by atoms with van der Waals surface area (Å²) >= 11 is 0. The van der Waals surface area contributed by atoms with Gasteiger partial charge in [0.05, 0.1) is 0 Å². The van der Waals surface area contributed by atoms with Crippen LogP contribution in [0.1, 0.15) is 23.1 Å². The molecule has 1 saturated heterocycles. The van der Waals surface area contributed by atoms with Crippen molar-refractivity contribution in [3.8, 4) is 5.75 Å². The highest BCUT2D eigenvalue weighted by Gasteiger charge is 2.19. The molecule has 0 spiro atoms. The van der Waals surface area contributed by atoms with Gasteiger partial charge in [0.15, 0.2) is 0 Å². The molecule has 0 radical (unpaired) electrons. The first-order valence-electron chi connectivity index (χ1n) is 10.8. The van der Waals surface area contributed by atoms with E-state index in [2.05, 4.69) is 51.5 Å². The van der Waals surface area contributed by atoms with Gasteiger partial charge >= 0.3 is 0 Å². The number of amides is 1. The number of aliphatic hydroxyl groups is 1. The standard InChI is InChI=1S/C24H31N3O3/c28-22(17-27-12-9-20-3-1-2-4-21(20)16-27)18-30-23-7-5-19(6-8-23)15-26-13-10-24(29)25-11-14-26/h1-8,22,28H,9-18H2,(H,25,29). The second-order valence-electron chi connectivity index (χ2n) is 8.24. The van der Waals surface area contributed by atoms with Crippen LogP contribution in [-0.4, -0.2) is 66.2 Å². The SMILES string of the molecule is O=C1CCN(Cc2ccc(OCC(O)CN3CCc4ccccc4C3)cc2)CCN1. The zero-order valence-electron chi connectivity index (χ0n) is 17.4. The van der Waals surface area contributed by atoms with Crippen molar-refractivity contribution in [3.63, 3.8) is 0 Å². The zero-order valence-corrected chi connectivity index (χ0v) is 17.4. The summed E-state index contributed by atoms with van der Waals surface area (Å²) in [5.74, 6) is 0.906. The highest BCUT2D eigenvalue weighted by atomic mass is 16.5. The van der Waals surface area contributed by atoms with Gasteiger partial charge in [-0.3, -0.25) is 14.6 Å². The van der Waals surface area contributed by atoms with E-state index in [9.17, 15) is 9.90 Å². The molecule has 2 aliphatic rings. The first-order valence-corrected chi connectivity index (χ1v) is 10.8. The number of hydrogen-bond acceptors (Lipinski definition) is 5. The van der Waals surface area contributed by atoms with E-state index in [-0.39, 0.29) is 12.5 Å². The molecule has 2 aliphatic heterocycles. The summed E-state index contributed by atoms with van der Waals surface area (Å²) in [6, 6.07) is 16.6. The van der Waals surface area contributed by atoms with Crippen LogP contribution < -0.4 is 10.1 Å². The molecular weight excluding hydrogens is 378 g/mol. The maximum absolute atomic E-state index is 11.5. The van der Waals surface area contributed by atoms with Crippen molar-refractivity contribution in [2.24, 2.45) is 0 Å². The van der Waals surface area contributed by atoms with Crippen LogP contribution in [0.4, 0.5) is 0 Å². The number of carbonyl (C=O) groups excluding carboxylic acids is 1. The first-order chi connectivity index (χ1) is 14.7. The van der Waals surface area contributed by atoms with Gasteiger partial charge in [0.2, 0.25) is 5.91 Å². The topological polar surface area (TPSA) is 65.0 Å². The van der Waals surface area contributed by atoms with E-state index in [1.807, 2.05) is 12.1 Å². The van der Waals surface area contributed by atoms with E-state index < -0.39 is 6.10 Å². The Labute approximate surface area is 178 Å². The molecule has 1 atom stereocenters. The normalized spacial score (nSPS) is 18.9. The Kier molecular flexibility index (Phi) is 7.00. The molecule has 2 N–H and O–H groups in total. The molecule has 4 rings (SSSR count). The van der Waals surface area contributed by atoms with Crippen LogP contribution in [0, 0.1) is 0 Å². The van der Waals surface area contributed by atoms with Gasteiger partial charge in [-0.1, -0.05) is 36.4 Å². The molecule has 2 aromatic carbocycles. The minimum absolute atomic E-state index is 0.133. The Hall–Kier alpha value is -2.41. The van der Waals surface area contributed by atoms with Gasteiger partial charge in [-0.05, 0) is 35.2 Å². The predicted molar refractivity (Wildman–Crippen MR) is 116 cm³/mol. The summed E-state index contributed by atoms with van der Waals surface area (Å²) in [4.78, 5) is 16.0. The Bertz CT molecular complexity index is 840. The molecule has 6 nitrogen and oxygen atoms in total. The van der Waals surface area contributed by atoms with Gasteiger partial charge in [-0.25, -0.2) is 0 Å². The van der Waals surface area contributed by atoms with Crippen LogP contribution in [0.3, 0.4) is 0 Å². The van der Waals surface area contributed by atoms with Crippen molar-refractivity contribution < 1.29 is 14.6 Å². The number of carbonyl (C=O) groups is 1. The number of nitrogens with one attached hydrogen (secondary N) is 1. The van der Waals surface area contributed by atoms with Gasteiger partial charge in [-0.15, -0.1) is 0 Å². The highest BCUT2D eigenvalue weighted by Crippen LogP contribution is 2.19. The van der Waals surface area contributed by atoms with Gasteiger partial charge < -0.3 is 15.2 Å². The first kappa shape index (κ1) is 20.8. The zero-order chi connectivity index (χ0) is 20.8. The number of benzene rings is 2. The van der Waals surface area contributed by atoms with Crippen molar-refractivity contribution in [2.45, 2.75) is 32.0 Å². The van der Waals surface area contributed by atoms with Crippen molar-refractivity contribution in [2.75, 3.05) is 39.3 Å². The molecule has 0 aromatic heterocycles. The largest absolute Gasteiger partial charge is 0.491 e. The van der Waals surface area contributed by atoms with Gasteiger partial charge in [0, 0.05) is 52.2 Å². The van der Waals surface area contributed by atoms with Gasteiger partial charge in [-0.2, -0.15) is 0 Å². The summed E-state index contributed by atoms with van der Waals surface area (Å²) in [5, 5.41) is 13.3. The molecule has 0 saturated carbocycles. The molecule has 160 valence electrons. The molecule has 1 amide bonds. The third kappa shape index (κ3) is 5.81. The summed E-state index contributed by atoms with van der Waals surface area (Å²) in [5.41, 5.74) is 3.98. The molecule has 0 bridgehead atoms. The average molecular weight is 410 g/mol. The third-order valence-electron chi connectivity index (χ3n) is 5.86. The fourth-order valence-corrected chi connectivity index (χ4v) is 4.17. The van der Waals surface area contributed by atoms with Crippen LogP contribution in [0.15, 0.2) is 48.5 Å². The monoisotopic (exact) mass is 409 g/mol. The van der Waals surface area contributed by atoms with Crippen LogP contribution in [0.5, 0.6) is 5.75 Å². The number of aliphatic hydroxyl groups excluding tert-OH is 1. The Morgan fingerprint density at radius 2 is 1.73 bits per heavy atom. The lowest BCUT2D eigenvalue weighted by Crippen LogP contribution is -2.38. The number of ether oxygens (including phenoxy) is 1. The smallest absolute Gasteiger partial charge is 0.221 e. The summed E-state index contributed by atoms with van der Waals surface area (Å²) in [6.45, 7) is 5.97. The molecule has 2 aromatic rings. The number of fused-ring (bicyclic) bond motifs is 1. The Morgan fingerprint density at radius 3 is 2.57 bits per heavy atom. The lowest BCUT2D eigenvalue weighted by molar-refractivity contribution is -0.120. The molecule has 0 aliphatic carbocycles. The number of hydrogen-bond donors (Lipinski definition) is 2. The predicted octanol–water partition coefficient (Wildman–Crippen LogP) is 1.81. The summed E-state index contributed by atoms with van der Waals surface area (Å²) < 4.78 is 5.81. The second-order valence-corrected chi connectivity index (χ2v) is 8.24. The van der Waals surface area contributed by atoms with Crippen LogP contribution in [0.25, 0.3) is 0 Å². The maximum Gasteiger partial charge on any atom is 0.221 e. The van der Waals surface area contributed by atoms with E-state index in [0.29, 0.717) is 19.5 Å². The van der Waals surface area contributed by atoms with Crippen molar-refractivity contribution in [1.29, 1.82) is 0 Å². The van der Waals surface area contributed by atoms with Crippen molar-refractivity contribution in [3.05, 3.63) is 65.2 Å². The number of nitrogens with zero attached hydrogens (tertiary/aromatic N) is 2. The van der Waals surface area contributed by atoms with Gasteiger partial charge in [0.1, 0.15) is 18.5 Å². The minimum atomic E-state index is -0.517. The van der Waals surface area contributed by atoms with E-state index in [1.54, 1.807) is 0 Å². The molecule has 1 unspecified atom stereocenters. The van der Waals surface area contributed by atoms with E-state index in [1.165, 1.54) is 16.7 Å². The molecule has 6 heteroatoms. The molecule has 2 heterocycles. The second kappa shape index (κ2) is 10.1. The van der Waals surface area contributed by atoms with Crippen molar-refractivity contribution >= 4 is 5.91 Å². The van der Waals surface area contributed by atoms with E-state index in [4.69, 9.17) is 4.74 Å². The quantitative estimate of drug-likeness (QED) is 0.730. The van der Waals surface area contributed by atoms with Crippen molar-refractivity contribution in [1.82, 2.24) is 15.1 Å². The van der Waals surface area contributed by atoms with Crippen LogP contribution >= 0.6 is 0 Å². The average Bonchev–Trinajstić information content (AvgIpc) is 2.97. The lowest BCUT2D eigenvalue weighted by atomic mass is 10.00. The third-order valence-corrected chi connectivity index (χ3v) is 5.86. The lowest BCUT2D eigenvalue weighted by Gasteiger charge is -2.30. The van der Waals surface area contributed by atoms with E-state index >= 15 is 0 Å². The summed E-state index contributed by atoms with van der Waals surface area (Å²) in [7, 11) is 0. The van der Waals surface area contributed by atoms with E-state index in [0.717, 1.165) is 44.9 Å². The molecule has 30 heavy (non-hydrogen) atoms. The molecular formula is C24H31N3O3. The Balaban J connectivity index is 1.21. The fourth-order valence-electron chi connectivity index (χ4n) is 4.17. The highest BCUT2D eigenvalue weighted by molar-refractivity contribution is 5.76. The number of β-amino-alcohol motifs (C(OH)–C–C–N with tert-alkyl or cyclic N) is 1. The fraction of sp³-hybridized carbons (Fsp3) is 0.458. The van der Waals surface area contributed by atoms with Gasteiger partial charge in [0.25, 0.3) is 0 Å². The molecule has 1 fully saturated rings.